The van der Waals surface area contributed by atoms with Gasteiger partial charge in [-0.05, 0) is 12.1 Å². The zero-order valence-corrected chi connectivity index (χ0v) is 9.43. The summed E-state index contributed by atoms with van der Waals surface area (Å²) >= 11 is 3.12. The van der Waals surface area contributed by atoms with E-state index in [1.54, 1.807) is 6.07 Å². The molecule has 1 aromatic rings. The van der Waals surface area contributed by atoms with Crippen molar-refractivity contribution in [1.29, 1.82) is 0 Å². The molecular weight excluding hydrogens is 268 g/mol. The number of carbonyl (C=O) groups is 1. The molecule has 2 nitrogen and oxygen atoms in total. The van der Waals surface area contributed by atoms with E-state index in [0.29, 0.717) is 17.4 Å². The molecule has 0 aromatic heterocycles. The second-order valence-corrected chi connectivity index (χ2v) is 3.71. The van der Waals surface area contributed by atoms with Crippen molar-refractivity contribution in [2.45, 2.75) is 12.8 Å². The summed E-state index contributed by atoms with van der Waals surface area (Å²) in [7, 11) is 0. The Kier molecular flexibility index (Phi) is 4.68. The number of hydrogen-bond donors (Lipinski definition) is 1. The van der Waals surface area contributed by atoms with Crippen LogP contribution < -0.4 is 5.32 Å². The summed E-state index contributed by atoms with van der Waals surface area (Å²) in [6, 6.07) is 5.67. The van der Waals surface area contributed by atoms with Crippen LogP contribution in [0.4, 0.5) is 14.5 Å². The zero-order valence-electron chi connectivity index (χ0n) is 7.84. The lowest BCUT2D eigenvalue weighted by atomic mass is 10.2. The summed E-state index contributed by atoms with van der Waals surface area (Å²) in [6.07, 6.45) is -2.20. The first-order valence-electron chi connectivity index (χ1n) is 4.37. The average molecular weight is 278 g/mol. The van der Waals surface area contributed by atoms with Crippen LogP contribution in [0.3, 0.4) is 0 Å². The minimum atomic E-state index is -2.52. The molecule has 1 rings (SSSR count). The Labute approximate surface area is 94.8 Å². The maximum absolute atomic E-state index is 12.3. The van der Waals surface area contributed by atoms with Crippen LogP contribution in [-0.4, -0.2) is 11.2 Å². The smallest absolute Gasteiger partial charge is 0.263 e. The van der Waals surface area contributed by atoms with Crippen LogP contribution in [0, 0.1) is 0 Å². The van der Waals surface area contributed by atoms with E-state index >= 15 is 0 Å². The monoisotopic (exact) mass is 277 g/mol. The van der Waals surface area contributed by atoms with Gasteiger partial charge in [-0.2, -0.15) is 0 Å². The molecule has 0 aliphatic carbocycles. The summed E-state index contributed by atoms with van der Waals surface area (Å²) in [5.74, 6) is -0.196. The van der Waals surface area contributed by atoms with Crippen LogP contribution in [-0.2, 0) is 4.79 Å². The predicted octanol–water partition coefficient (Wildman–Crippen LogP) is 3.35. The molecule has 0 saturated heterocycles. The number of nitrogens with one attached hydrogen (secondary N) is 1. The highest BCUT2D eigenvalue weighted by Gasteiger charge is 2.08. The van der Waals surface area contributed by atoms with Crippen molar-refractivity contribution in [3.63, 3.8) is 0 Å². The summed E-state index contributed by atoms with van der Waals surface area (Å²) in [4.78, 5) is 11.2. The van der Waals surface area contributed by atoms with E-state index in [1.165, 1.54) is 18.2 Å². The van der Waals surface area contributed by atoms with Crippen molar-refractivity contribution in [2.75, 3.05) is 10.6 Å². The molecule has 5 heteroatoms. The van der Waals surface area contributed by atoms with Crippen molar-refractivity contribution < 1.29 is 13.6 Å². The SMILES string of the molecule is O=C(CCBr)Nc1cccc(C(F)F)c1. The number of carbonyl (C=O) groups excluding carboxylic acids is 1. The molecule has 82 valence electrons. The molecule has 0 radical (unpaired) electrons. The highest BCUT2D eigenvalue weighted by atomic mass is 79.9. The third kappa shape index (κ3) is 3.95. The number of alkyl halides is 3. The normalized spacial score (nSPS) is 10.4. The minimum absolute atomic E-state index is 0.0911. The van der Waals surface area contributed by atoms with E-state index in [2.05, 4.69) is 21.2 Å². The highest BCUT2D eigenvalue weighted by molar-refractivity contribution is 9.09. The fourth-order valence-corrected chi connectivity index (χ4v) is 1.42. The Bertz CT molecular complexity index is 344. The Morgan fingerprint density at radius 1 is 1.47 bits per heavy atom. The van der Waals surface area contributed by atoms with Crippen LogP contribution in [0.2, 0.25) is 0 Å². The average Bonchev–Trinajstić information content (AvgIpc) is 2.18. The van der Waals surface area contributed by atoms with Crippen LogP contribution in [0.1, 0.15) is 18.4 Å². The molecule has 0 aliphatic heterocycles. The van der Waals surface area contributed by atoms with Gasteiger partial charge in [0.2, 0.25) is 5.91 Å². The molecule has 15 heavy (non-hydrogen) atoms. The number of benzene rings is 1. The standard InChI is InChI=1S/C10H10BrF2NO/c11-5-4-9(15)14-8-3-1-2-7(6-8)10(12)13/h1-3,6,10H,4-5H2,(H,14,15). The van der Waals surface area contributed by atoms with Gasteiger partial charge in [-0.3, -0.25) is 4.79 Å². The first-order valence-corrected chi connectivity index (χ1v) is 5.49. The quantitative estimate of drug-likeness (QED) is 0.841. The number of anilines is 1. The second-order valence-electron chi connectivity index (χ2n) is 2.91. The molecule has 0 aliphatic rings. The molecule has 0 atom stereocenters. The first-order chi connectivity index (χ1) is 7.13. The predicted molar refractivity (Wildman–Crippen MR) is 58.4 cm³/mol. The molecule has 0 fully saturated rings. The fraction of sp³-hybridized carbons (Fsp3) is 0.300. The van der Waals surface area contributed by atoms with Gasteiger partial charge in [0.25, 0.3) is 6.43 Å². The van der Waals surface area contributed by atoms with Crippen molar-refractivity contribution in [3.05, 3.63) is 29.8 Å². The van der Waals surface area contributed by atoms with Gasteiger partial charge in [-0.1, -0.05) is 28.1 Å². The Morgan fingerprint density at radius 3 is 2.80 bits per heavy atom. The van der Waals surface area contributed by atoms with Crippen LogP contribution >= 0.6 is 15.9 Å². The summed E-state index contributed by atoms with van der Waals surface area (Å²) < 4.78 is 24.6. The Morgan fingerprint density at radius 2 is 2.20 bits per heavy atom. The Hall–Kier alpha value is -0.970. The van der Waals surface area contributed by atoms with Crippen molar-refractivity contribution >= 4 is 27.5 Å². The van der Waals surface area contributed by atoms with Crippen molar-refractivity contribution in [1.82, 2.24) is 0 Å². The zero-order chi connectivity index (χ0) is 11.3. The third-order valence-electron chi connectivity index (χ3n) is 1.74. The van der Waals surface area contributed by atoms with E-state index in [4.69, 9.17) is 0 Å². The van der Waals surface area contributed by atoms with E-state index in [-0.39, 0.29) is 11.5 Å². The maximum Gasteiger partial charge on any atom is 0.263 e. The lowest BCUT2D eigenvalue weighted by molar-refractivity contribution is -0.115. The first kappa shape index (κ1) is 12.1. The van der Waals surface area contributed by atoms with Gasteiger partial charge in [0.1, 0.15) is 0 Å². The van der Waals surface area contributed by atoms with Gasteiger partial charge in [0.05, 0.1) is 0 Å². The minimum Gasteiger partial charge on any atom is -0.326 e. The molecule has 0 heterocycles. The number of rotatable bonds is 4. The number of amides is 1. The maximum atomic E-state index is 12.3. The fourth-order valence-electron chi connectivity index (χ4n) is 1.06. The van der Waals surface area contributed by atoms with E-state index < -0.39 is 6.43 Å². The lowest BCUT2D eigenvalue weighted by Crippen LogP contribution is -2.11. The van der Waals surface area contributed by atoms with Gasteiger partial charge >= 0.3 is 0 Å². The molecular formula is C10H10BrF2NO. The van der Waals surface area contributed by atoms with Gasteiger partial charge in [0, 0.05) is 23.0 Å². The second kappa shape index (κ2) is 5.80. The molecule has 1 aromatic carbocycles. The lowest BCUT2D eigenvalue weighted by Gasteiger charge is -2.06. The summed E-state index contributed by atoms with van der Waals surface area (Å²) in [6.45, 7) is 0. The summed E-state index contributed by atoms with van der Waals surface area (Å²) in [5, 5.41) is 3.08. The number of halogens is 3. The Balaban J connectivity index is 2.69. The molecule has 0 bridgehead atoms. The van der Waals surface area contributed by atoms with Crippen LogP contribution in [0.15, 0.2) is 24.3 Å². The van der Waals surface area contributed by atoms with Gasteiger partial charge in [-0.15, -0.1) is 0 Å². The molecule has 1 amide bonds. The van der Waals surface area contributed by atoms with Gasteiger partial charge in [0.15, 0.2) is 0 Å². The van der Waals surface area contributed by atoms with Crippen molar-refractivity contribution in [3.8, 4) is 0 Å². The highest BCUT2D eigenvalue weighted by Crippen LogP contribution is 2.21. The third-order valence-corrected chi connectivity index (χ3v) is 2.14. The number of hydrogen-bond acceptors (Lipinski definition) is 1. The van der Waals surface area contributed by atoms with E-state index in [9.17, 15) is 13.6 Å². The van der Waals surface area contributed by atoms with E-state index in [0.717, 1.165) is 0 Å². The molecule has 1 N–H and O–H groups in total. The molecule has 0 unspecified atom stereocenters. The largest absolute Gasteiger partial charge is 0.326 e. The topological polar surface area (TPSA) is 29.1 Å². The summed E-state index contributed by atoms with van der Waals surface area (Å²) in [5.41, 5.74) is 0.311. The van der Waals surface area contributed by atoms with Crippen LogP contribution in [0.25, 0.3) is 0 Å². The molecule has 0 spiro atoms. The van der Waals surface area contributed by atoms with Gasteiger partial charge < -0.3 is 5.32 Å². The van der Waals surface area contributed by atoms with E-state index in [1.807, 2.05) is 0 Å². The molecule has 0 saturated carbocycles. The van der Waals surface area contributed by atoms with Crippen molar-refractivity contribution in [2.24, 2.45) is 0 Å². The van der Waals surface area contributed by atoms with Crippen LogP contribution in [0.5, 0.6) is 0 Å². The van der Waals surface area contributed by atoms with Gasteiger partial charge in [-0.25, -0.2) is 8.78 Å².